The molecule has 5 nitrogen and oxygen atoms in total. The van der Waals surface area contributed by atoms with Crippen molar-refractivity contribution in [2.24, 2.45) is 0 Å². The van der Waals surface area contributed by atoms with Crippen LogP contribution in [0.2, 0.25) is 0 Å². The Morgan fingerprint density at radius 3 is 2.58 bits per heavy atom. The molecule has 0 unspecified atom stereocenters. The van der Waals surface area contributed by atoms with Crippen LogP contribution in [0.15, 0.2) is 6.33 Å². The molecule has 0 bridgehead atoms. The lowest BCUT2D eigenvalue weighted by Crippen LogP contribution is -2.14. The van der Waals surface area contributed by atoms with Crippen LogP contribution in [-0.2, 0) is 19.4 Å². The highest BCUT2D eigenvalue weighted by Crippen LogP contribution is 2.19. The molecule has 0 fully saturated rings. The smallest absolute Gasteiger partial charge is 0.148 e. The molecule has 0 spiro atoms. The molecule has 0 radical (unpaired) electrons. The third-order valence-corrected chi connectivity index (χ3v) is 4.40. The van der Waals surface area contributed by atoms with E-state index in [1.165, 1.54) is 15.0 Å². The van der Waals surface area contributed by atoms with E-state index in [4.69, 9.17) is 5.10 Å². The lowest BCUT2D eigenvalue weighted by molar-refractivity contribution is 0.483. The highest BCUT2D eigenvalue weighted by atomic mass is 127. The van der Waals surface area contributed by atoms with E-state index in [0.29, 0.717) is 12.6 Å². The minimum absolute atomic E-state index is 0.322. The van der Waals surface area contributed by atoms with Crippen molar-refractivity contribution < 1.29 is 0 Å². The molecular weight excluding hydrogens is 353 g/mol. The third kappa shape index (κ3) is 2.82. The maximum Gasteiger partial charge on any atom is 0.148 e. The van der Waals surface area contributed by atoms with Gasteiger partial charge in [-0.25, -0.2) is 9.67 Å². The highest BCUT2D eigenvalue weighted by Gasteiger charge is 2.16. The Morgan fingerprint density at radius 1 is 1.26 bits per heavy atom. The molecule has 0 saturated carbocycles. The van der Waals surface area contributed by atoms with Gasteiger partial charge in [0.1, 0.15) is 18.7 Å². The lowest BCUT2D eigenvalue weighted by atomic mass is 10.2. The summed E-state index contributed by atoms with van der Waals surface area (Å²) >= 11 is 2.40. The van der Waals surface area contributed by atoms with E-state index in [0.717, 1.165) is 18.7 Å². The Hall–Kier alpha value is -0.920. The topological polar surface area (TPSA) is 48.5 Å². The summed E-state index contributed by atoms with van der Waals surface area (Å²) < 4.78 is 5.32. The van der Waals surface area contributed by atoms with Crippen molar-refractivity contribution in [1.82, 2.24) is 24.5 Å². The van der Waals surface area contributed by atoms with Gasteiger partial charge in [0.25, 0.3) is 0 Å². The second-order valence-electron chi connectivity index (χ2n) is 4.79. The van der Waals surface area contributed by atoms with Gasteiger partial charge in [-0.05, 0) is 49.3 Å². The van der Waals surface area contributed by atoms with Gasteiger partial charge in [-0.1, -0.05) is 13.8 Å². The van der Waals surface area contributed by atoms with Gasteiger partial charge >= 0.3 is 0 Å². The second kappa shape index (κ2) is 6.02. The van der Waals surface area contributed by atoms with Crippen molar-refractivity contribution in [3.8, 4) is 0 Å². The number of halogens is 1. The zero-order chi connectivity index (χ0) is 14.0. The molecule has 0 aliphatic rings. The Kier molecular flexibility index (Phi) is 4.59. The molecule has 2 aromatic heterocycles. The van der Waals surface area contributed by atoms with Crippen molar-refractivity contribution >= 4 is 22.6 Å². The number of hydrogen-bond acceptors (Lipinski definition) is 3. The van der Waals surface area contributed by atoms with Crippen molar-refractivity contribution in [3.63, 3.8) is 0 Å². The molecule has 2 aromatic rings. The van der Waals surface area contributed by atoms with Gasteiger partial charge in [-0.2, -0.15) is 10.2 Å². The third-order valence-electron chi connectivity index (χ3n) is 3.16. The normalized spacial score (nSPS) is 11.5. The fourth-order valence-electron chi connectivity index (χ4n) is 2.18. The molecule has 0 amide bonds. The average Bonchev–Trinajstić information content (AvgIpc) is 2.94. The summed E-state index contributed by atoms with van der Waals surface area (Å²) in [5.41, 5.74) is 2.46. The molecule has 6 heteroatoms. The molecule has 19 heavy (non-hydrogen) atoms. The van der Waals surface area contributed by atoms with Crippen LogP contribution in [0.5, 0.6) is 0 Å². The first-order valence-corrected chi connectivity index (χ1v) is 7.78. The van der Waals surface area contributed by atoms with Gasteiger partial charge in [-0.15, -0.1) is 0 Å². The zero-order valence-corrected chi connectivity index (χ0v) is 14.0. The summed E-state index contributed by atoms with van der Waals surface area (Å²) in [4.78, 5) is 4.36. The maximum absolute atomic E-state index is 4.70. The van der Waals surface area contributed by atoms with Crippen molar-refractivity contribution in [1.29, 1.82) is 0 Å². The van der Waals surface area contributed by atoms with E-state index in [1.54, 1.807) is 6.33 Å². The predicted molar refractivity (Wildman–Crippen MR) is 83.2 cm³/mol. The number of aryl methyl sites for hydroxylation is 1. The first-order valence-electron chi connectivity index (χ1n) is 6.70. The van der Waals surface area contributed by atoms with Crippen molar-refractivity contribution in [2.75, 3.05) is 0 Å². The SMILES string of the molecule is CCc1nn(Cc2ncnn2C(C)C)c(CC)c1I. The number of nitrogens with zero attached hydrogens (tertiary/aromatic N) is 5. The van der Waals surface area contributed by atoms with Gasteiger partial charge in [0, 0.05) is 6.04 Å². The Labute approximate surface area is 127 Å². The summed E-state index contributed by atoms with van der Waals surface area (Å²) in [6, 6.07) is 0.322. The average molecular weight is 373 g/mol. The minimum atomic E-state index is 0.322. The molecule has 0 saturated heterocycles. The Morgan fingerprint density at radius 2 is 2.00 bits per heavy atom. The predicted octanol–water partition coefficient (Wildman–Crippen LogP) is 2.83. The highest BCUT2D eigenvalue weighted by molar-refractivity contribution is 14.1. The quantitative estimate of drug-likeness (QED) is 0.758. The van der Waals surface area contributed by atoms with Crippen molar-refractivity contribution in [3.05, 3.63) is 27.1 Å². The molecule has 0 aliphatic heterocycles. The summed E-state index contributed by atoms with van der Waals surface area (Å²) in [6.45, 7) is 9.23. The number of aromatic nitrogens is 5. The van der Waals surface area contributed by atoms with Crippen LogP contribution in [0.3, 0.4) is 0 Å². The fraction of sp³-hybridized carbons (Fsp3) is 0.615. The van der Waals surface area contributed by atoms with Crippen LogP contribution in [0.4, 0.5) is 0 Å². The van der Waals surface area contributed by atoms with Crippen LogP contribution in [-0.4, -0.2) is 24.5 Å². The van der Waals surface area contributed by atoms with E-state index in [-0.39, 0.29) is 0 Å². The summed E-state index contributed by atoms with van der Waals surface area (Å²) in [5, 5.41) is 8.98. The first-order chi connectivity index (χ1) is 9.08. The first kappa shape index (κ1) is 14.5. The van der Waals surface area contributed by atoms with Crippen LogP contribution in [0.1, 0.15) is 50.9 Å². The second-order valence-corrected chi connectivity index (χ2v) is 5.87. The van der Waals surface area contributed by atoms with Gasteiger partial charge in [-0.3, -0.25) is 4.68 Å². The molecule has 2 rings (SSSR count). The lowest BCUT2D eigenvalue weighted by Gasteiger charge is -2.10. The number of rotatable bonds is 5. The minimum Gasteiger partial charge on any atom is -0.261 e. The fourth-order valence-corrected chi connectivity index (χ4v) is 3.33. The van der Waals surface area contributed by atoms with Gasteiger partial charge in [0.05, 0.1) is 15.0 Å². The molecule has 0 atom stereocenters. The van der Waals surface area contributed by atoms with Gasteiger partial charge in [0.15, 0.2) is 0 Å². The van der Waals surface area contributed by atoms with Gasteiger partial charge < -0.3 is 0 Å². The van der Waals surface area contributed by atoms with Crippen molar-refractivity contribution in [2.45, 2.75) is 53.1 Å². The largest absolute Gasteiger partial charge is 0.261 e. The van der Waals surface area contributed by atoms with Crippen LogP contribution in [0, 0.1) is 3.57 Å². The van der Waals surface area contributed by atoms with E-state index in [1.807, 2.05) is 4.68 Å². The number of hydrogen-bond donors (Lipinski definition) is 0. The van der Waals surface area contributed by atoms with Gasteiger partial charge in [0.2, 0.25) is 0 Å². The molecule has 0 aliphatic carbocycles. The monoisotopic (exact) mass is 373 g/mol. The molecule has 0 aromatic carbocycles. The Balaban J connectivity index is 2.35. The summed E-state index contributed by atoms with van der Waals surface area (Å²) in [7, 11) is 0. The maximum atomic E-state index is 4.70. The molecule has 104 valence electrons. The Bertz CT molecular complexity index is 555. The van der Waals surface area contributed by atoms with E-state index < -0.39 is 0 Å². The van der Waals surface area contributed by atoms with E-state index >= 15 is 0 Å². The van der Waals surface area contributed by atoms with Crippen LogP contribution >= 0.6 is 22.6 Å². The molecular formula is C13H20IN5. The van der Waals surface area contributed by atoms with E-state index in [2.05, 4.69) is 65.1 Å². The summed E-state index contributed by atoms with van der Waals surface area (Å²) in [5.74, 6) is 0.964. The summed E-state index contributed by atoms with van der Waals surface area (Å²) in [6.07, 6.45) is 3.58. The standard InChI is InChI=1S/C13H20IN5/c1-5-10-13(14)11(6-2)18(17-10)7-12-15-8-16-19(12)9(3)4/h8-9H,5-7H2,1-4H3. The van der Waals surface area contributed by atoms with Crippen LogP contribution in [0.25, 0.3) is 0 Å². The molecule has 2 heterocycles. The molecule has 0 N–H and O–H groups in total. The van der Waals surface area contributed by atoms with E-state index in [9.17, 15) is 0 Å². The zero-order valence-electron chi connectivity index (χ0n) is 11.9. The van der Waals surface area contributed by atoms with Crippen LogP contribution < -0.4 is 0 Å².